The number of carbonyl (C=O) groups is 2. The SMILES string of the molecule is COc1nc(Cl)ccc1C(=O)N(C)C.COc1nc(Nc2cc(-c3ccc(OC4CCOCC4)c(C#N)c3)ncn2)ccc1C(=O)N(C)C.[C-]#[N+]c1cc(-c2cc(N)ncn2)ccc1OC1CCOCC1. The van der Waals surface area contributed by atoms with Crippen LogP contribution in [0.5, 0.6) is 23.3 Å². The van der Waals surface area contributed by atoms with Gasteiger partial charge in [0.05, 0.1) is 64.2 Å². The van der Waals surface area contributed by atoms with Gasteiger partial charge in [-0.3, -0.25) is 9.59 Å². The van der Waals surface area contributed by atoms with Gasteiger partial charge in [0.25, 0.3) is 11.8 Å². The second-order valence-corrected chi connectivity index (χ2v) is 16.4. The number of rotatable bonds is 12. The average molecular weight is 986 g/mol. The minimum absolute atomic E-state index is 0.0421. The molecule has 2 fully saturated rings. The van der Waals surface area contributed by atoms with Gasteiger partial charge in [0.2, 0.25) is 17.4 Å². The molecular formula is C50H53ClN12O8. The zero-order valence-electron chi connectivity index (χ0n) is 40.1. The van der Waals surface area contributed by atoms with E-state index in [1.165, 1.54) is 36.7 Å². The third-order valence-electron chi connectivity index (χ3n) is 10.7. The van der Waals surface area contributed by atoms with Crippen LogP contribution in [0.3, 0.4) is 0 Å². The van der Waals surface area contributed by atoms with Crippen molar-refractivity contribution >= 4 is 46.6 Å². The first kappa shape index (κ1) is 52.2. The van der Waals surface area contributed by atoms with Crippen LogP contribution in [0, 0.1) is 17.9 Å². The zero-order valence-corrected chi connectivity index (χ0v) is 40.8. The van der Waals surface area contributed by atoms with Gasteiger partial charge in [-0.25, -0.2) is 29.8 Å². The number of hydrogen-bond acceptors (Lipinski definition) is 17. The Morgan fingerprint density at radius 3 is 1.82 bits per heavy atom. The van der Waals surface area contributed by atoms with Crippen LogP contribution in [0.15, 0.2) is 85.5 Å². The quantitative estimate of drug-likeness (QED) is 0.0882. The molecule has 6 heterocycles. The van der Waals surface area contributed by atoms with Crippen LogP contribution in [0.2, 0.25) is 5.15 Å². The molecule has 2 aliphatic heterocycles. The topological polar surface area (TPSA) is 240 Å². The summed E-state index contributed by atoms with van der Waals surface area (Å²) in [5.41, 5.74) is 10.2. The van der Waals surface area contributed by atoms with Crippen LogP contribution in [0.4, 0.5) is 23.1 Å². The predicted octanol–water partition coefficient (Wildman–Crippen LogP) is 7.70. The molecule has 3 N–H and O–H groups in total. The first-order valence-corrected chi connectivity index (χ1v) is 22.6. The van der Waals surface area contributed by atoms with E-state index in [2.05, 4.69) is 46.1 Å². The molecule has 8 rings (SSSR count). The Balaban J connectivity index is 0.000000194. The smallest absolute Gasteiger partial charge is 0.258 e. The lowest BCUT2D eigenvalue weighted by atomic mass is 10.1. The normalized spacial score (nSPS) is 13.3. The number of hydrogen-bond donors (Lipinski definition) is 2. The van der Waals surface area contributed by atoms with Gasteiger partial charge in [0, 0.05) is 71.6 Å². The van der Waals surface area contributed by atoms with Gasteiger partial charge in [0.15, 0.2) is 0 Å². The maximum Gasteiger partial charge on any atom is 0.258 e. The Hall–Kier alpha value is -8.17. The van der Waals surface area contributed by atoms with Gasteiger partial charge in [-0.15, -0.1) is 0 Å². The lowest BCUT2D eigenvalue weighted by Gasteiger charge is -2.24. The van der Waals surface area contributed by atoms with E-state index in [9.17, 15) is 14.9 Å². The Bertz CT molecular complexity index is 2880. The van der Waals surface area contributed by atoms with Crippen molar-refractivity contribution in [2.45, 2.75) is 37.9 Å². The molecule has 4 aromatic heterocycles. The fraction of sp³-hybridized carbons (Fsp3) is 0.320. The van der Waals surface area contributed by atoms with Gasteiger partial charge in [-0.2, -0.15) is 10.2 Å². The van der Waals surface area contributed by atoms with Gasteiger partial charge < -0.3 is 49.3 Å². The third kappa shape index (κ3) is 14.4. The van der Waals surface area contributed by atoms with E-state index < -0.39 is 0 Å². The van der Waals surface area contributed by atoms with E-state index >= 15 is 0 Å². The van der Waals surface area contributed by atoms with E-state index in [-0.39, 0.29) is 35.8 Å². The number of benzene rings is 2. The summed E-state index contributed by atoms with van der Waals surface area (Å²) in [5.74, 6) is 2.60. The van der Waals surface area contributed by atoms with Crippen molar-refractivity contribution in [3.8, 4) is 51.8 Å². The van der Waals surface area contributed by atoms with E-state index in [1.54, 1.807) is 82.8 Å². The zero-order chi connectivity index (χ0) is 50.9. The van der Waals surface area contributed by atoms with Crippen LogP contribution in [0.1, 0.15) is 52.0 Å². The van der Waals surface area contributed by atoms with Crippen LogP contribution in [-0.2, 0) is 9.47 Å². The Kier molecular flexibility index (Phi) is 18.7. The van der Waals surface area contributed by atoms with Crippen molar-refractivity contribution in [2.75, 3.05) is 79.9 Å². The number of nitriles is 1. The molecule has 0 aliphatic carbocycles. The summed E-state index contributed by atoms with van der Waals surface area (Å²) < 4.78 is 32.9. The van der Waals surface area contributed by atoms with Crippen LogP contribution >= 0.6 is 11.6 Å². The van der Waals surface area contributed by atoms with Crippen molar-refractivity contribution in [1.29, 1.82) is 5.26 Å². The number of aromatic nitrogens is 6. The standard InChI is InChI=1S/C25H26N6O4.C16H16N4O2.C9H11ClN2O2/c1-31(2)25(32)19-5-7-22(30-24(19)33-3)29-23-13-20(27-15-28-23)16-4-6-21(17(12-16)14-26)35-18-8-10-34-11-9-18;1-18-14-8-11(13-9-16(17)20-10-19-13)2-3-15(14)22-12-4-6-21-7-5-12;1-12(2)9(13)6-4-5-7(10)11-8(6)14-3/h4-7,12-13,15,18H,8-11H2,1-3H3,(H,27,28,29,30);2-3,8-10,12H,4-7H2,(H2,17,19,20);4-5H,1-3H3. The van der Waals surface area contributed by atoms with Crippen molar-refractivity contribution in [2.24, 2.45) is 0 Å². The maximum absolute atomic E-state index is 12.3. The lowest BCUT2D eigenvalue weighted by molar-refractivity contribution is 0.0253. The number of nitrogen functional groups attached to an aromatic ring is 1. The average Bonchev–Trinajstić information content (AvgIpc) is 3.39. The van der Waals surface area contributed by atoms with E-state index in [0.29, 0.717) is 94.3 Å². The summed E-state index contributed by atoms with van der Waals surface area (Å²) in [6.45, 7) is 10.1. The molecule has 0 atom stereocenters. The number of amides is 2. The molecule has 21 heteroatoms. The van der Waals surface area contributed by atoms with Crippen molar-refractivity contribution in [1.82, 2.24) is 39.7 Å². The summed E-state index contributed by atoms with van der Waals surface area (Å²) >= 11 is 5.66. The minimum atomic E-state index is -0.206. The first-order valence-electron chi connectivity index (χ1n) is 22.2. The highest BCUT2D eigenvalue weighted by molar-refractivity contribution is 6.29. The highest BCUT2D eigenvalue weighted by Gasteiger charge is 2.21. The van der Waals surface area contributed by atoms with Gasteiger partial charge in [-0.05, 0) is 60.2 Å². The summed E-state index contributed by atoms with van der Waals surface area (Å²) in [7, 11) is 9.57. The first-order chi connectivity index (χ1) is 34.3. The van der Waals surface area contributed by atoms with Crippen molar-refractivity contribution < 1.29 is 38.0 Å². The molecular weight excluding hydrogens is 932 g/mol. The third-order valence-corrected chi connectivity index (χ3v) is 10.9. The maximum atomic E-state index is 12.3. The number of nitrogens with one attached hydrogen (secondary N) is 1. The highest BCUT2D eigenvalue weighted by Crippen LogP contribution is 2.35. The Morgan fingerprint density at radius 1 is 0.718 bits per heavy atom. The summed E-state index contributed by atoms with van der Waals surface area (Å²) in [6.07, 6.45) is 6.29. The van der Waals surface area contributed by atoms with E-state index in [1.807, 2.05) is 18.2 Å². The van der Waals surface area contributed by atoms with Gasteiger partial charge >= 0.3 is 0 Å². The molecule has 2 aromatic carbocycles. The summed E-state index contributed by atoms with van der Waals surface area (Å²) in [5, 5.41) is 13.1. The van der Waals surface area contributed by atoms with Crippen LogP contribution in [0.25, 0.3) is 27.4 Å². The second kappa shape index (κ2) is 25.4. The molecule has 0 radical (unpaired) electrons. The number of nitrogens with two attached hydrogens (primary N) is 1. The monoisotopic (exact) mass is 984 g/mol. The number of ether oxygens (including phenoxy) is 6. The number of halogens is 1. The molecule has 6 aromatic rings. The molecule has 2 amide bonds. The van der Waals surface area contributed by atoms with Gasteiger partial charge in [-0.1, -0.05) is 17.7 Å². The molecule has 2 saturated heterocycles. The Morgan fingerprint density at radius 2 is 1.25 bits per heavy atom. The van der Waals surface area contributed by atoms with Crippen LogP contribution < -0.4 is 30.0 Å². The fourth-order valence-corrected chi connectivity index (χ4v) is 7.12. The molecule has 71 heavy (non-hydrogen) atoms. The largest absolute Gasteiger partial charge is 0.501 e. The second-order valence-electron chi connectivity index (χ2n) is 16.1. The number of methoxy groups -OCH3 is 2. The number of carbonyl (C=O) groups excluding carboxylic acids is 2. The predicted molar refractivity (Wildman–Crippen MR) is 265 cm³/mol. The molecule has 368 valence electrons. The van der Waals surface area contributed by atoms with Crippen LogP contribution in [-0.4, -0.2) is 133 Å². The molecule has 2 aliphatic rings. The Labute approximate surface area is 416 Å². The van der Waals surface area contributed by atoms with E-state index in [4.69, 9.17) is 52.3 Å². The minimum Gasteiger partial charge on any atom is -0.501 e. The molecule has 0 unspecified atom stereocenters. The highest BCUT2D eigenvalue weighted by atomic mass is 35.5. The van der Waals surface area contributed by atoms with E-state index in [0.717, 1.165) is 36.8 Å². The summed E-state index contributed by atoms with van der Waals surface area (Å²) in [4.78, 5) is 55.3. The molecule has 0 bridgehead atoms. The fourth-order valence-electron chi connectivity index (χ4n) is 6.98. The number of nitrogens with zero attached hydrogens (tertiary/aromatic N) is 10. The van der Waals surface area contributed by atoms with Crippen molar-refractivity contribution in [3.63, 3.8) is 0 Å². The van der Waals surface area contributed by atoms with Gasteiger partial charge in [0.1, 0.15) is 76.2 Å². The molecule has 0 saturated carbocycles. The van der Waals surface area contributed by atoms with Crippen molar-refractivity contribution in [3.05, 3.63) is 119 Å². The summed E-state index contributed by atoms with van der Waals surface area (Å²) in [6, 6.07) is 23.0. The molecule has 20 nitrogen and oxygen atoms in total. The lowest BCUT2D eigenvalue weighted by Crippen LogP contribution is -2.26. The number of pyridine rings is 2. The molecule has 0 spiro atoms. The number of anilines is 3.